The molecular formula is C7H16N2O2S3. The van der Waals surface area contributed by atoms with Gasteiger partial charge in [-0.2, -0.15) is 11.8 Å². The average molecular weight is 256 g/mol. The van der Waals surface area contributed by atoms with Crippen LogP contribution >= 0.6 is 24.0 Å². The predicted octanol–water partition coefficient (Wildman–Crippen LogP) is 0.334. The molecule has 0 fully saturated rings. The Hall–Kier alpha value is 0.150. The molecule has 0 saturated carbocycles. The SMILES string of the molecule is CCSCC(C)NS(=O)(=O)CC(N)=S. The Balaban J connectivity index is 4.02. The summed E-state index contributed by atoms with van der Waals surface area (Å²) in [5.74, 6) is 1.46. The summed E-state index contributed by atoms with van der Waals surface area (Å²) in [6.07, 6.45) is 0. The first kappa shape index (κ1) is 14.2. The lowest BCUT2D eigenvalue weighted by molar-refractivity contribution is 0.575. The van der Waals surface area contributed by atoms with Crippen molar-refractivity contribution in [2.45, 2.75) is 19.9 Å². The van der Waals surface area contributed by atoms with Gasteiger partial charge in [-0.15, -0.1) is 0 Å². The minimum Gasteiger partial charge on any atom is -0.392 e. The minimum absolute atomic E-state index is 0.00663. The van der Waals surface area contributed by atoms with Crippen LogP contribution in [-0.2, 0) is 10.0 Å². The molecule has 14 heavy (non-hydrogen) atoms. The maximum Gasteiger partial charge on any atom is 0.218 e. The van der Waals surface area contributed by atoms with Gasteiger partial charge < -0.3 is 5.73 Å². The van der Waals surface area contributed by atoms with Crippen molar-refractivity contribution in [1.29, 1.82) is 0 Å². The maximum absolute atomic E-state index is 11.3. The number of nitrogens with two attached hydrogens (primary N) is 1. The molecule has 0 saturated heterocycles. The number of rotatable bonds is 7. The van der Waals surface area contributed by atoms with Crippen LogP contribution in [0.25, 0.3) is 0 Å². The lowest BCUT2D eigenvalue weighted by Crippen LogP contribution is -2.39. The molecule has 0 spiro atoms. The van der Waals surface area contributed by atoms with Gasteiger partial charge in [-0.1, -0.05) is 19.1 Å². The first-order valence-corrected chi connectivity index (χ1v) is 7.45. The quantitative estimate of drug-likeness (QED) is 0.642. The van der Waals surface area contributed by atoms with Gasteiger partial charge in [-0.05, 0) is 12.7 Å². The van der Waals surface area contributed by atoms with Crippen molar-refractivity contribution in [2.24, 2.45) is 5.73 Å². The molecule has 0 aliphatic rings. The lowest BCUT2D eigenvalue weighted by atomic mass is 10.4. The first-order chi connectivity index (χ1) is 6.37. The van der Waals surface area contributed by atoms with Crippen LogP contribution in [0.4, 0.5) is 0 Å². The number of hydrogen-bond acceptors (Lipinski definition) is 4. The Kier molecular flexibility index (Phi) is 6.67. The zero-order chi connectivity index (χ0) is 11.2. The fraction of sp³-hybridized carbons (Fsp3) is 0.857. The van der Waals surface area contributed by atoms with Crippen LogP contribution in [0, 0.1) is 0 Å². The van der Waals surface area contributed by atoms with Crippen molar-refractivity contribution in [2.75, 3.05) is 17.3 Å². The lowest BCUT2D eigenvalue weighted by Gasteiger charge is -2.12. The summed E-state index contributed by atoms with van der Waals surface area (Å²) in [6, 6.07) is -0.0840. The normalized spacial score (nSPS) is 13.9. The van der Waals surface area contributed by atoms with E-state index in [0.29, 0.717) is 0 Å². The van der Waals surface area contributed by atoms with E-state index in [1.807, 2.05) is 13.8 Å². The summed E-state index contributed by atoms with van der Waals surface area (Å²) in [4.78, 5) is -0.00663. The van der Waals surface area contributed by atoms with Crippen LogP contribution in [0.3, 0.4) is 0 Å². The van der Waals surface area contributed by atoms with Gasteiger partial charge in [-0.25, -0.2) is 13.1 Å². The summed E-state index contributed by atoms with van der Waals surface area (Å²) in [5.41, 5.74) is 5.16. The van der Waals surface area contributed by atoms with Crippen LogP contribution in [0.1, 0.15) is 13.8 Å². The van der Waals surface area contributed by atoms with E-state index in [4.69, 9.17) is 5.73 Å². The highest BCUT2D eigenvalue weighted by atomic mass is 32.2. The van der Waals surface area contributed by atoms with Gasteiger partial charge in [0.1, 0.15) is 5.75 Å². The third kappa shape index (κ3) is 7.54. The molecule has 0 radical (unpaired) electrons. The van der Waals surface area contributed by atoms with Gasteiger partial charge in [0.25, 0.3) is 0 Å². The third-order valence-corrected chi connectivity index (χ3v) is 4.21. The fourth-order valence-electron chi connectivity index (χ4n) is 0.864. The molecule has 84 valence electrons. The average Bonchev–Trinajstić information content (AvgIpc) is 1.96. The van der Waals surface area contributed by atoms with Crippen molar-refractivity contribution >= 4 is 39.0 Å². The Morgan fingerprint density at radius 2 is 2.21 bits per heavy atom. The number of thioether (sulfide) groups is 1. The van der Waals surface area contributed by atoms with E-state index < -0.39 is 10.0 Å². The van der Waals surface area contributed by atoms with Crippen LogP contribution in [-0.4, -0.2) is 36.7 Å². The highest BCUT2D eigenvalue weighted by Crippen LogP contribution is 2.02. The summed E-state index contributed by atoms with van der Waals surface area (Å²) >= 11 is 6.22. The second kappa shape index (κ2) is 6.60. The molecule has 4 nitrogen and oxygen atoms in total. The second-order valence-corrected chi connectivity index (χ2v) is 6.50. The molecule has 1 atom stereocenters. The van der Waals surface area contributed by atoms with Crippen LogP contribution in [0.2, 0.25) is 0 Å². The molecule has 0 heterocycles. The van der Waals surface area contributed by atoms with E-state index in [1.54, 1.807) is 11.8 Å². The molecule has 0 rings (SSSR count). The van der Waals surface area contributed by atoms with Gasteiger partial charge in [0.05, 0.1) is 4.99 Å². The smallest absolute Gasteiger partial charge is 0.218 e. The van der Waals surface area contributed by atoms with Crippen LogP contribution in [0.5, 0.6) is 0 Å². The van der Waals surface area contributed by atoms with E-state index >= 15 is 0 Å². The molecule has 0 aromatic heterocycles. The second-order valence-electron chi connectivity index (χ2n) is 2.90. The zero-order valence-electron chi connectivity index (χ0n) is 8.32. The van der Waals surface area contributed by atoms with Gasteiger partial charge >= 0.3 is 0 Å². The molecule has 0 amide bonds. The topological polar surface area (TPSA) is 72.2 Å². The fourth-order valence-corrected chi connectivity index (χ4v) is 3.26. The molecule has 0 aromatic rings. The molecular weight excluding hydrogens is 240 g/mol. The molecule has 0 aromatic carbocycles. The number of nitrogens with one attached hydrogen (secondary N) is 1. The first-order valence-electron chi connectivity index (χ1n) is 4.23. The van der Waals surface area contributed by atoms with Gasteiger partial charge in [-0.3, -0.25) is 0 Å². The summed E-state index contributed by atoms with van der Waals surface area (Å²) in [7, 11) is -3.34. The van der Waals surface area contributed by atoms with Crippen LogP contribution < -0.4 is 10.5 Å². The molecule has 3 N–H and O–H groups in total. The van der Waals surface area contributed by atoms with E-state index in [1.165, 1.54) is 0 Å². The third-order valence-electron chi connectivity index (χ3n) is 1.28. The Morgan fingerprint density at radius 3 is 2.64 bits per heavy atom. The van der Waals surface area contributed by atoms with Crippen molar-refractivity contribution in [3.63, 3.8) is 0 Å². The Labute approximate surface area is 95.1 Å². The van der Waals surface area contributed by atoms with Crippen LogP contribution in [0.15, 0.2) is 0 Å². The molecule has 7 heteroatoms. The van der Waals surface area contributed by atoms with Gasteiger partial charge in [0, 0.05) is 11.8 Å². The molecule has 0 aliphatic carbocycles. The highest BCUT2D eigenvalue weighted by Gasteiger charge is 2.14. The van der Waals surface area contributed by atoms with Gasteiger partial charge in [0.15, 0.2) is 0 Å². The van der Waals surface area contributed by atoms with E-state index in [9.17, 15) is 8.42 Å². The minimum atomic E-state index is -3.34. The van der Waals surface area contributed by atoms with E-state index in [0.717, 1.165) is 11.5 Å². The largest absolute Gasteiger partial charge is 0.392 e. The summed E-state index contributed by atoms with van der Waals surface area (Å²) in [5, 5.41) is 0. The Bertz CT molecular complexity index is 277. The monoisotopic (exact) mass is 256 g/mol. The number of hydrogen-bond donors (Lipinski definition) is 2. The van der Waals surface area contributed by atoms with Crippen molar-refractivity contribution in [1.82, 2.24) is 4.72 Å². The molecule has 0 aliphatic heterocycles. The van der Waals surface area contributed by atoms with E-state index in [-0.39, 0.29) is 16.8 Å². The zero-order valence-corrected chi connectivity index (χ0v) is 10.8. The van der Waals surface area contributed by atoms with Crippen molar-refractivity contribution < 1.29 is 8.42 Å². The molecule has 0 bridgehead atoms. The number of sulfonamides is 1. The van der Waals surface area contributed by atoms with Crippen molar-refractivity contribution in [3.8, 4) is 0 Å². The summed E-state index contributed by atoms with van der Waals surface area (Å²) in [6.45, 7) is 3.85. The van der Waals surface area contributed by atoms with Gasteiger partial charge in [0.2, 0.25) is 10.0 Å². The predicted molar refractivity (Wildman–Crippen MR) is 66.2 cm³/mol. The Morgan fingerprint density at radius 1 is 1.64 bits per heavy atom. The highest BCUT2D eigenvalue weighted by molar-refractivity contribution is 7.99. The van der Waals surface area contributed by atoms with Crippen molar-refractivity contribution in [3.05, 3.63) is 0 Å². The standard InChI is InChI=1S/C7H16N2O2S3/c1-3-13-4-6(2)9-14(10,11)5-7(8)12/h6,9H,3-5H2,1-2H3,(H2,8,12). The number of thiocarbonyl (C=S) groups is 1. The molecule has 1 unspecified atom stereocenters. The van der Waals surface area contributed by atoms with E-state index in [2.05, 4.69) is 16.9 Å². The summed E-state index contributed by atoms with van der Waals surface area (Å²) < 4.78 is 25.2. The maximum atomic E-state index is 11.3.